The summed E-state index contributed by atoms with van der Waals surface area (Å²) in [5, 5.41) is 14.9. The number of ether oxygens (including phenoxy) is 1. The minimum atomic E-state index is -3.92. The summed E-state index contributed by atoms with van der Waals surface area (Å²) in [5.74, 6) is -0.355. The standard InChI is InChI=1S/C34H38N4O6S/c1-22-12-15-27(16-13-22)45(42,43)36-26-14-17-31-29(18-26)33(40)38(24(3)21-39)19-23(2)32(44-31)20-37(4)34(41)35-30-11-7-9-25-8-5-6-10-28(25)30/h5-18,23-24,32,36,39H,19-21H2,1-4H3,(H,35,41)/t23-,24+,32+/m0/s1. The van der Waals surface area contributed by atoms with Gasteiger partial charge in [-0.15, -0.1) is 0 Å². The van der Waals surface area contributed by atoms with E-state index in [1.807, 2.05) is 56.3 Å². The fourth-order valence-corrected chi connectivity index (χ4v) is 6.38. The summed E-state index contributed by atoms with van der Waals surface area (Å²) in [5.41, 5.74) is 1.96. The maximum absolute atomic E-state index is 13.8. The zero-order valence-electron chi connectivity index (χ0n) is 25.7. The number of rotatable bonds is 8. The Morgan fingerprint density at radius 1 is 1.07 bits per heavy atom. The molecule has 0 unspecified atom stereocenters. The van der Waals surface area contributed by atoms with Crippen LogP contribution in [0.15, 0.2) is 89.8 Å². The maximum Gasteiger partial charge on any atom is 0.321 e. The molecule has 236 valence electrons. The smallest absolute Gasteiger partial charge is 0.321 e. The third-order valence-corrected chi connectivity index (χ3v) is 9.48. The van der Waals surface area contributed by atoms with E-state index in [0.717, 1.165) is 16.3 Å². The van der Waals surface area contributed by atoms with E-state index in [1.165, 1.54) is 29.2 Å². The average molecular weight is 631 g/mol. The fraction of sp³-hybridized carbons (Fsp3) is 0.294. The summed E-state index contributed by atoms with van der Waals surface area (Å²) in [6, 6.07) is 23.7. The lowest BCUT2D eigenvalue weighted by Gasteiger charge is -2.38. The van der Waals surface area contributed by atoms with Crippen molar-refractivity contribution in [3.05, 3.63) is 96.1 Å². The number of urea groups is 1. The number of hydrogen-bond donors (Lipinski definition) is 3. The summed E-state index contributed by atoms with van der Waals surface area (Å²) >= 11 is 0. The van der Waals surface area contributed by atoms with Crippen LogP contribution in [0.5, 0.6) is 5.75 Å². The van der Waals surface area contributed by atoms with Crippen LogP contribution in [-0.2, 0) is 10.0 Å². The molecule has 10 nitrogen and oxygen atoms in total. The van der Waals surface area contributed by atoms with Crippen molar-refractivity contribution in [3.63, 3.8) is 0 Å². The van der Waals surface area contributed by atoms with Gasteiger partial charge < -0.3 is 25.0 Å². The normalized spacial score (nSPS) is 17.4. The minimum absolute atomic E-state index is 0.0941. The molecule has 0 spiro atoms. The first-order valence-corrected chi connectivity index (χ1v) is 16.3. The lowest BCUT2D eigenvalue weighted by atomic mass is 9.99. The molecule has 3 atom stereocenters. The van der Waals surface area contributed by atoms with E-state index >= 15 is 0 Å². The van der Waals surface area contributed by atoms with Gasteiger partial charge in [0.2, 0.25) is 0 Å². The average Bonchev–Trinajstić information content (AvgIpc) is 3.02. The van der Waals surface area contributed by atoms with Crippen molar-refractivity contribution in [3.8, 4) is 5.75 Å². The van der Waals surface area contributed by atoms with Crippen molar-refractivity contribution in [1.29, 1.82) is 0 Å². The van der Waals surface area contributed by atoms with E-state index in [4.69, 9.17) is 4.74 Å². The van der Waals surface area contributed by atoms with Gasteiger partial charge in [0.15, 0.2) is 0 Å². The molecule has 0 aliphatic carbocycles. The first-order chi connectivity index (χ1) is 21.5. The van der Waals surface area contributed by atoms with Crippen LogP contribution in [0.4, 0.5) is 16.2 Å². The summed E-state index contributed by atoms with van der Waals surface area (Å²) in [7, 11) is -2.24. The molecule has 0 bridgehead atoms. The van der Waals surface area contributed by atoms with Crippen LogP contribution in [0.3, 0.4) is 0 Å². The number of sulfonamides is 1. The highest BCUT2D eigenvalue weighted by atomic mass is 32.2. The molecule has 11 heteroatoms. The molecule has 1 aliphatic rings. The lowest BCUT2D eigenvalue weighted by Crippen LogP contribution is -2.50. The second-order valence-corrected chi connectivity index (χ2v) is 13.3. The van der Waals surface area contributed by atoms with Gasteiger partial charge >= 0.3 is 6.03 Å². The van der Waals surface area contributed by atoms with E-state index < -0.39 is 28.1 Å². The van der Waals surface area contributed by atoms with E-state index in [0.29, 0.717) is 5.69 Å². The van der Waals surface area contributed by atoms with E-state index in [-0.39, 0.29) is 53.5 Å². The zero-order chi connectivity index (χ0) is 32.3. The lowest BCUT2D eigenvalue weighted by molar-refractivity contribution is 0.0371. The Hall–Kier alpha value is -4.61. The Balaban J connectivity index is 1.40. The van der Waals surface area contributed by atoms with Crippen LogP contribution in [0.25, 0.3) is 10.8 Å². The molecular weight excluding hydrogens is 592 g/mol. The number of nitrogens with zero attached hydrogens (tertiary/aromatic N) is 2. The van der Waals surface area contributed by atoms with Gasteiger partial charge in [0.1, 0.15) is 11.9 Å². The number of amides is 3. The highest BCUT2D eigenvalue weighted by molar-refractivity contribution is 7.92. The number of carbonyl (C=O) groups excluding carboxylic acids is 2. The quantitative estimate of drug-likeness (QED) is 0.241. The Labute approximate surface area is 263 Å². The minimum Gasteiger partial charge on any atom is -0.487 e. The van der Waals surface area contributed by atoms with E-state index in [1.54, 1.807) is 37.1 Å². The largest absolute Gasteiger partial charge is 0.487 e. The predicted molar refractivity (Wildman–Crippen MR) is 175 cm³/mol. The molecule has 0 radical (unpaired) electrons. The van der Waals surface area contributed by atoms with Crippen LogP contribution in [0, 0.1) is 12.8 Å². The van der Waals surface area contributed by atoms with E-state index in [2.05, 4.69) is 10.0 Å². The Kier molecular flexibility index (Phi) is 9.31. The molecule has 45 heavy (non-hydrogen) atoms. The van der Waals surface area contributed by atoms with Crippen molar-refractivity contribution < 1.29 is 27.9 Å². The molecule has 0 saturated carbocycles. The van der Waals surface area contributed by atoms with Crippen LogP contribution in [0.1, 0.15) is 29.8 Å². The molecule has 1 heterocycles. The highest BCUT2D eigenvalue weighted by Crippen LogP contribution is 2.32. The third kappa shape index (κ3) is 7.05. The van der Waals surface area contributed by atoms with Gasteiger partial charge in [-0.1, -0.05) is 61.0 Å². The fourth-order valence-electron chi connectivity index (χ4n) is 5.33. The molecule has 4 aromatic carbocycles. The number of fused-ring (bicyclic) bond motifs is 2. The van der Waals surface area contributed by atoms with Crippen molar-refractivity contribution in [2.24, 2.45) is 5.92 Å². The van der Waals surface area contributed by atoms with Crippen LogP contribution in [0.2, 0.25) is 0 Å². The van der Waals surface area contributed by atoms with Crippen LogP contribution < -0.4 is 14.8 Å². The monoisotopic (exact) mass is 630 g/mol. The van der Waals surface area contributed by atoms with Crippen molar-refractivity contribution in [2.75, 3.05) is 36.8 Å². The molecule has 3 N–H and O–H groups in total. The highest BCUT2D eigenvalue weighted by Gasteiger charge is 2.34. The van der Waals surface area contributed by atoms with Gasteiger partial charge in [-0.2, -0.15) is 0 Å². The van der Waals surface area contributed by atoms with Crippen molar-refractivity contribution in [1.82, 2.24) is 9.80 Å². The number of nitrogens with one attached hydrogen (secondary N) is 2. The number of anilines is 2. The Morgan fingerprint density at radius 2 is 1.78 bits per heavy atom. The molecule has 0 fully saturated rings. The molecular formula is C34H38N4O6S. The number of benzene rings is 4. The summed E-state index contributed by atoms with van der Waals surface area (Å²) < 4.78 is 35.1. The number of aryl methyl sites for hydroxylation is 1. The molecule has 5 rings (SSSR count). The summed E-state index contributed by atoms with van der Waals surface area (Å²) in [6.45, 7) is 5.74. The van der Waals surface area contributed by atoms with Crippen LogP contribution >= 0.6 is 0 Å². The first-order valence-electron chi connectivity index (χ1n) is 14.8. The van der Waals surface area contributed by atoms with Crippen molar-refractivity contribution >= 4 is 44.1 Å². The van der Waals surface area contributed by atoms with Gasteiger partial charge in [0, 0.05) is 30.6 Å². The van der Waals surface area contributed by atoms with Gasteiger partial charge in [0.25, 0.3) is 15.9 Å². The number of likely N-dealkylation sites (N-methyl/N-ethyl adjacent to an activating group) is 1. The molecule has 3 amide bonds. The SMILES string of the molecule is Cc1ccc(S(=O)(=O)Nc2ccc3c(c2)C(=O)N([C@H](C)CO)C[C@H](C)[C@@H](CN(C)C(=O)Nc2cccc4ccccc24)O3)cc1. The number of carbonyl (C=O) groups is 2. The number of hydrogen-bond acceptors (Lipinski definition) is 6. The molecule has 0 aromatic heterocycles. The molecule has 0 saturated heterocycles. The van der Waals surface area contributed by atoms with Gasteiger partial charge in [-0.05, 0) is 55.6 Å². The molecule has 4 aromatic rings. The van der Waals surface area contributed by atoms with Gasteiger partial charge in [-0.3, -0.25) is 9.52 Å². The van der Waals surface area contributed by atoms with Crippen LogP contribution in [-0.4, -0.2) is 74.2 Å². The Morgan fingerprint density at radius 3 is 2.51 bits per heavy atom. The Bertz CT molecular complexity index is 1810. The van der Waals surface area contributed by atoms with E-state index in [9.17, 15) is 23.1 Å². The number of aliphatic hydroxyl groups excluding tert-OH is 1. The third-order valence-electron chi connectivity index (χ3n) is 8.08. The second-order valence-electron chi connectivity index (χ2n) is 11.6. The maximum atomic E-state index is 13.8. The van der Waals surface area contributed by atoms with Crippen molar-refractivity contribution in [2.45, 2.75) is 37.8 Å². The summed E-state index contributed by atoms with van der Waals surface area (Å²) in [6.07, 6.45) is -0.524. The molecule has 1 aliphatic heterocycles. The zero-order valence-corrected chi connectivity index (χ0v) is 26.5. The number of aliphatic hydroxyl groups is 1. The van der Waals surface area contributed by atoms with Gasteiger partial charge in [-0.25, -0.2) is 13.2 Å². The second kappa shape index (κ2) is 13.2. The summed E-state index contributed by atoms with van der Waals surface area (Å²) in [4.78, 5) is 30.3. The topological polar surface area (TPSA) is 128 Å². The first kappa shape index (κ1) is 31.8. The van der Waals surface area contributed by atoms with Gasteiger partial charge in [0.05, 0.1) is 35.3 Å². The predicted octanol–water partition coefficient (Wildman–Crippen LogP) is 5.33.